The van der Waals surface area contributed by atoms with Crippen LogP contribution in [0.2, 0.25) is 0 Å². The van der Waals surface area contributed by atoms with Gasteiger partial charge in [-0.2, -0.15) is 13.1 Å². The summed E-state index contributed by atoms with van der Waals surface area (Å²) in [7, 11) is -3.32. The predicted molar refractivity (Wildman–Crippen MR) is 55.2 cm³/mol. The number of nitrogens with one attached hydrogen (secondary N) is 2. The second-order valence-corrected chi connectivity index (χ2v) is 4.77. The zero-order valence-electron chi connectivity index (χ0n) is 7.87. The van der Waals surface area contributed by atoms with Crippen molar-refractivity contribution in [1.29, 1.82) is 0 Å². The van der Waals surface area contributed by atoms with Crippen LogP contribution in [-0.2, 0) is 23.2 Å². The van der Waals surface area contributed by atoms with Gasteiger partial charge < -0.3 is 0 Å². The van der Waals surface area contributed by atoms with E-state index in [4.69, 9.17) is 0 Å². The number of benzene rings is 1. The maximum atomic E-state index is 11.1. The van der Waals surface area contributed by atoms with Gasteiger partial charge in [0.15, 0.2) is 0 Å². The smallest absolute Gasteiger partial charge is 0.271 e. The summed E-state index contributed by atoms with van der Waals surface area (Å²) in [4.78, 5) is 0. The van der Waals surface area contributed by atoms with Crippen LogP contribution in [0.25, 0.3) is 0 Å². The van der Waals surface area contributed by atoms with Gasteiger partial charge in [-0.25, -0.2) is 0 Å². The molecule has 0 radical (unpaired) electrons. The highest BCUT2D eigenvalue weighted by molar-refractivity contribution is 7.90. The zero-order chi connectivity index (χ0) is 10.2. The van der Waals surface area contributed by atoms with E-state index in [1.807, 2.05) is 18.2 Å². The van der Waals surface area contributed by atoms with Gasteiger partial charge in [-0.15, -0.1) is 0 Å². The lowest BCUT2D eigenvalue weighted by Gasteiger charge is -2.19. The topological polar surface area (TPSA) is 58.2 Å². The molecule has 0 saturated carbocycles. The largest absolute Gasteiger partial charge is 0.299 e. The molecule has 2 N–H and O–H groups in total. The minimum Gasteiger partial charge on any atom is -0.271 e. The molecule has 76 valence electrons. The first-order valence-electron chi connectivity index (χ1n) is 4.50. The summed E-state index contributed by atoms with van der Waals surface area (Å²) in [6.45, 7) is 2.45. The Morgan fingerprint density at radius 2 is 2.21 bits per heavy atom. The Kier molecular flexibility index (Phi) is 2.20. The Balaban J connectivity index is 2.42. The fourth-order valence-electron chi connectivity index (χ4n) is 1.47. The van der Waals surface area contributed by atoms with Crippen molar-refractivity contribution in [3.8, 4) is 0 Å². The predicted octanol–water partition coefficient (Wildman–Crippen LogP) is 1.01. The summed E-state index contributed by atoms with van der Waals surface area (Å²) in [5.41, 5.74) is 2.90. The van der Waals surface area contributed by atoms with Crippen LogP contribution in [0.15, 0.2) is 18.2 Å². The van der Waals surface area contributed by atoms with Crippen LogP contribution >= 0.6 is 0 Å². The highest BCUT2D eigenvalue weighted by atomic mass is 32.2. The van der Waals surface area contributed by atoms with Crippen molar-refractivity contribution >= 4 is 15.9 Å². The SMILES string of the molecule is CCc1ccc2c(c1)CNS(=O)(=O)N2. The second-order valence-electron chi connectivity index (χ2n) is 3.27. The molecule has 0 atom stereocenters. The molecule has 1 aromatic rings. The third-order valence-corrected chi connectivity index (χ3v) is 3.29. The standard InChI is InChI=1S/C9H12N2O2S/c1-2-7-3-4-9-8(5-7)6-10-14(12,13)11-9/h3-5,10-11H,2,6H2,1H3. The molecule has 0 amide bonds. The van der Waals surface area contributed by atoms with Crippen molar-refractivity contribution in [3.05, 3.63) is 29.3 Å². The average Bonchev–Trinajstić information content (AvgIpc) is 2.16. The maximum Gasteiger partial charge on any atom is 0.299 e. The average molecular weight is 212 g/mol. The van der Waals surface area contributed by atoms with E-state index < -0.39 is 10.2 Å². The Labute approximate surface area is 83.5 Å². The molecular formula is C9H12N2O2S. The molecular weight excluding hydrogens is 200 g/mol. The van der Waals surface area contributed by atoms with E-state index in [0.717, 1.165) is 12.0 Å². The fraction of sp³-hybridized carbons (Fsp3) is 0.333. The molecule has 0 fully saturated rings. The van der Waals surface area contributed by atoms with E-state index in [-0.39, 0.29) is 0 Å². The van der Waals surface area contributed by atoms with Crippen LogP contribution < -0.4 is 9.44 Å². The van der Waals surface area contributed by atoms with Gasteiger partial charge in [0.25, 0.3) is 10.2 Å². The number of aryl methyl sites for hydroxylation is 1. The molecule has 4 nitrogen and oxygen atoms in total. The van der Waals surface area contributed by atoms with E-state index in [9.17, 15) is 8.42 Å². The summed E-state index contributed by atoms with van der Waals surface area (Å²) in [6, 6.07) is 5.77. The Morgan fingerprint density at radius 1 is 1.43 bits per heavy atom. The van der Waals surface area contributed by atoms with Crippen LogP contribution in [-0.4, -0.2) is 8.42 Å². The van der Waals surface area contributed by atoms with Gasteiger partial charge in [0.05, 0.1) is 5.69 Å². The molecule has 0 saturated heterocycles. The number of rotatable bonds is 1. The normalized spacial score (nSPS) is 18.4. The molecule has 0 bridgehead atoms. The van der Waals surface area contributed by atoms with Crippen molar-refractivity contribution in [2.75, 3.05) is 4.72 Å². The monoisotopic (exact) mass is 212 g/mol. The van der Waals surface area contributed by atoms with Crippen molar-refractivity contribution in [2.45, 2.75) is 19.9 Å². The van der Waals surface area contributed by atoms with Gasteiger partial charge >= 0.3 is 0 Å². The molecule has 1 aliphatic rings. The molecule has 5 heteroatoms. The van der Waals surface area contributed by atoms with Crippen LogP contribution in [0.4, 0.5) is 5.69 Å². The number of fused-ring (bicyclic) bond motifs is 1. The summed E-state index contributed by atoms with van der Waals surface area (Å²) in [5.74, 6) is 0. The second kappa shape index (κ2) is 3.25. The van der Waals surface area contributed by atoms with Crippen molar-refractivity contribution in [2.24, 2.45) is 0 Å². The lowest BCUT2D eigenvalue weighted by Crippen LogP contribution is -2.34. The Hall–Kier alpha value is -1.07. The first-order valence-corrected chi connectivity index (χ1v) is 5.98. The van der Waals surface area contributed by atoms with Crippen molar-refractivity contribution < 1.29 is 8.42 Å². The first-order chi connectivity index (χ1) is 6.61. The van der Waals surface area contributed by atoms with E-state index in [1.54, 1.807) is 0 Å². The van der Waals surface area contributed by atoms with Crippen LogP contribution in [0.3, 0.4) is 0 Å². The van der Waals surface area contributed by atoms with Gasteiger partial charge in [0.1, 0.15) is 0 Å². The highest BCUT2D eigenvalue weighted by Crippen LogP contribution is 2.22. The lowest BCUT2D eigenvalue weighted by molar-refractivity contribution is 0.584. The van der Waals surface area contributed by atoms with Gasteiger partial charge in [0.2, 0.25) is 0 Å². The first kappa shape index (κ1) is 9.48. The van der Waals surface area contributed by atoms with Crippen LogP contribution in [0.5, 0.6) is 0 Å². The highest BCUT2D eigenvalue weighted by Gasteiger charge is 2.18. The van der Waals surface area contributed by atoms with Crippen LogP contribution in [0.1, 0.15) is 18.1 Å². The van der Waals surface area contributed by atoms with E-state index in [0.29, 0.717) is 12.2 Å². The van der Waals surface area contributed by atoms with Crippen LogP contribution in [0, 0.1) is 0 Å². The van der Waals surface area contributed by atoms with E-state index in [1.165, 1.54) is 5.56 Å². The summed E-state index contributed by atoms with van der Waals surface area (Å²) < 4.78 is 27.2. The van der Waals surface area contributed by atoms with Gasteiger partial charge in [-0.05, 0) is 23.6 Å². The molecule has 1 aromatic carbocycles. The van der Waals surface area contributed by atoms with E-state index >= 15 is 0 Å². The van der Waals surface area contributed by atoms with Gasteiger partial charge in [-0.3, -0.25) is 4.72 Å². The Morgan fingerprint density at radius 3 is 2.93 bits per heavy atom. The molecule has 0 spiro atoms. The molecule has 1 heterocycles. The summed E-state index contributed by atoms with van der Waals surface area (Å²) in [5, 5.41) is 0. The summed E-state index contributed by atoms with van der Waals surface area (Å²) in [6.07, 6.45) is 0.958. The van der Waals surface area contributed by atoms with Gasteiger partial charge in [0, 0.05) is 6.54 Å². The maximum absolute atomic E-state index is 11.1. The number of anilines is 1. The van der Waals surface area contributed by atoms with Crippen molar-refractivity contribution in [1.82, 2.24) is 4.72 Å². The zero-order valence-corrected chi connectivity index (χ0v) is 8.69. The molecule has 0 aliphatic carbocycles. The number of hydrogen-bond acceptors (Lipinski definition) is 2. The quantitative estimate of drug-likeness (QED) is 0.730. The Bertz CT molecular complexity index is 454. The minimum absolute atomic E-state index is 0.374. The molecule has 0 unspecified atom stereocenters. The third kappa shape index (κ3) is 1.73. The summed E-state index contributed by atoms with van der Waals surface area (Å²) >= 11 is 0. The molecule has 14 heavy (non-hydrogen) atoms. The third-order valence-electron chi connectivity index (χ3n) is 2.27. The lowest BCUT2D eigenvalue weighted by atomic mass is 10.1. The van der Waals surface area contributed by atoms with E-state index in [2.05, 4.69) is 16.4 Å². The van der Waals surface area contributed by atoms with Crippen molar-refractivity contribution in [3.63, 3.8) is 0 Å². The molecule has 2 rings (SSSR count). The minimum atomic E-state index is -3.32. The van der Waals surface area contributed by atoms with Gasteiger partial charge in [-0.1, -0.05) is 19.1 Å². The molecule has 0 aromatic heterocycles. The molecule has 1 aliphatic heterocycles. The fourth-order valence-corrected chi connectivity index (χ4v) is 2.37. The number of hydrogen-bond donors (Lipinski definition) is 2.